The second kappa shape index (κ2) is 10.3. The van der Waals surface area contributed by atoms with Gasteiger partial charge in [0.2, 0.25) is 21.8 Å². The summed E-state index contributed by atoms with van der Waals surface area (Å²) in [4.78, 5) is 26.5. The van der Waals surface area contributed by atoms with Crippen molar-refractivity contribution in [1.82, 2.24) is 10.2 Å². The van der Waals surface area contributed by atoms with E-state index < -0.39 is 40.2 Å². The van der Waals surface area contributed by atoms with Gasteiger partial charge < -0.3 is 10.2 Å². The average molecular weight is 490 g/mol. The number of carbonyl (C=O) groups excluding carboxylic acids is 2. The highest BCUT2D eigenvalue weighted by atomic mass is 35.5. The van der Waals surface area contributed by atoms with E-state index in [1.54, 1.807) is 6.07 Å². The minimum absolute atomic E-state index is 0.0171. The van der Waals surface area contributed by atoms with Crippen LogP contribution < -0.4 is 9.62 Å². The Balaban J connectivity index is 2.45. The van der Waals surface area contributed by atoms with Crippen LogP contribution in [0.3, 0.4) is 0 Å². The van der Waals surface area contributed by atoms with Gasteiger partial charge in [0.25, 0.3) is 0 Å². The van der Waals surface area contributed by atoms with Crippen LogP contribution in [0.4, 0.5) is 10.1 Å². The lowest BCUT2D eigenvalue weighted by atomic mass is 10.1. The van der Waals surface area contributed by atoms with Gasteiger partial charge in [-0.1, -0.05) is 47.5 Å². The van der Waals surface area contributed by atoms with E-state index in [1.807, 2.05) is 0 Å². The quantitative estimate of drug-likeness (QED) is 0.617. The number of benzene rings is 2. The van der Waals surface area contributed by atoms with E-state index in [-0.39, 0.29) is 27.8 Å². The van der Waals surface area contributed by atoms with Crippen LogP contribution in [0.15, 0.2) is 42.5 Å². The highest BCUT2D eigenvalue weighted by Gasteiger charge is 2.31. The first kappa shape index (κ1) is 24.9. The maximum absolute atomic E-state index is 14.2. The number of rotatable bonds is 8. The molecule has 7 nitrogen and oxygen atoms in total. The Kier molecular flexibility index (Phi) is 8.27. The van der Waals surface area contributed by atoms with E-state index in [0.29, 0.717) is 0 Å². The molecule has 0 heterocycles. The van der Waals surface area contributed by atoms with E-state index in [2.05, 4.69) is 5.32 Å². The molecule has 1 unspecified atom stereocenters. The molecule has 2 amide bonds. The summed E-state index contributed by atoms with van der Waals surface area (Å²) in [5.41, 5.74) is 0.196. The molecule has 1 N–H and O–H groups in total. The molecule has 168 valence electrons. The van der Waals surface area contributed by atoms with Crippen LogP contribution in [-0.2, 0) is 26.2 Å². The second-order valence-corrected chi connectivity index (χ2v) is 9.44. The average Bonchev–Trinajstić information content (AvgIpc) is 2.71. The Morgan fingerprint density at radius 2 is 1.77 bits per heavy atom. The van der Waals surface area contributed by atoms with Gasteiger partial charge >= 0.3 is 0 Å². The molecule has 2 aromatic rings. The van der Waals surface area contributed by atoms with Crippen LogP contribution >= 0.6 is 23.2 Å². The first-order chi connectivity index (χ1) is 14.5. The fraction of sp³-hybridized carbons (Fsp3) is 0.300. The van der Waals surface area contributed by atoms with Crippen molar-refractivity contribution in [3.8, 4) is 0 Å². The summed E-state index contributed by atoms with van der Waals surface area (Å²) in [7, 11) is -2.55. The predicted octanol–water partition coefficient (Wildman–Crippen LogP) is 3.06. The van der Waals surface area contributed by atoms with E-state index in [9.17, 15) is 22.4 Å². The number of anilines is 1. The Bertz CT molecular complexity index is 1080. The third kappa shape index (κ3) is 6.09. The molecular weight excluding hydrogens is 468 g/mol. The van der Waals surface area contributed by atoms with Crippen LogP contribution in [0.1, 0.15) is 12.5 Å². The summed E-state index contributed by atoms with van der Waals surface area (Å²) in [6.07, 6.45) is 0.918. The Labute approximate surface area is 190 Å². The van der Waals surface area contributed by atoms with Crippen LogP contribution in [0.5, 0.6) is 0 Å². The number of nitrogens with zero attached hydrogens (tertiary/aromatic N) is 2. The molecule has 0 aromatic heterocycles. The third-order valence-electron chi connectivity index (χ3n) is 4.59. The summed E-state index contributed by atoms with van der Waals surface area (Å²) >= 11 is 12.2. The fourth-order valence-corrected chi connectivity index (χ4v) is 4.18. The highest BCUT2D eigenvalue weighted by molar-refractivity contribution is 7.92. The van der Waals surface area contributed by atoms with Crippen molar-refractivity contribution in [3.63, 3.8) is 0 Å². The van der Waals surface area contributed by atoms with Gasteiger partial charge in [0.1, 0.15) is 18.4 Å². The zero-order valence-corrected chi connectivity index (χ0v) is 19.4. The Morgan fingerprint density at radius 3 is 2.35 bits per heavy atom. The molecule has 0 radical (unpaired) electrons. The molecule has 0 spiro atoms. The zero-order chi connectivity index (χ0) is 23.3. The maximum atomic E-state index is 14.2. The molecule has 0 saturated carbocycles. The normalized spacial score (nSPS) is 12.2. The second-order valence-electron chi connectivity index (χ2n) is 6.75. The number of carbonyl (C=O) groups is 2. The number of likely N-dealkylation sites (N-methyl/N-ethyl adjacent to an activating group) is 1. The number of hydrogen-bond donors (Lipinski definition) is 1. The van der Waals surface area contributed by atoms with Gasteiger partial charge in [-0.15, -0.1) is 0 Å². The van der Waals surface area contributed by atoms with Crippen molar-refractivity contribution in [2.75, 3.05) is 24.2 Å². The van der Waals surface area contributed by atoms with Gasteiger partial charge in [0.05, 0.1) is 22.0 Å². The largest absolute Gasteiger partial charge is 0.357 e. The molecule has 0 aliphatic carbocycles. The molecule has 11 heteroatoms. The topological polar surface area (TPSA) is 86.8 Å². The molecule has 0 fully saturated rings. The predicted molar refractivity (Wildman–Crippen MR) is 119 cm³/mol. The molecule has 31 heavy (non-hydrogen) atoms. The lowest BCUT2D eigenvalue weighted by Crippen LogP contribution is -2.50. The van der Waals surface area contributed by atoms with Crippen LogP contribution in [0.2, 0.25) is 10.0 Å². The lowest BCUT2D eigenvalue weighted by Gasteiger charge is -2.31. The first-order valence-electron chi connectivity index (χ1n) is 9.13. The van der Waals surface area contributed by atoms with Crippen molar-refractivity contribution < 1.29 is 22.4 Å². The minimum atomic E-state index is -3.95. The first-order valence-corrected chi connectivity index (χ1v) is 11.7. The van der Waals surface area contributed by atoms with E-state index in [4.69, 9.17) is 23.2 Å². The van der Waals surface area contributed by atoms with E-state index >= 15 is 0 Å². The number of sulfonamides is 1. The standard InChI is InChI=1S/C20H22Cl2FN3O4S/c1-13(20(28)24-2)25(11-14-7-4-5-9-16(14)23)18(27)12-26(31(3,29)30)17-10-6-8-15(21)19(17)22/h4-10,13H,11-12H2,1-3H3,(H,24,28). The van der Waals surface area contributed by atoms with Crippen LogP contribution in [-0.4, -0.2) is 51.0 Å². The van der Waals surface area contributed by atoms with Gasteiger partial charge in [0.15, 0.2) is 0 Å². The SMILES string of the molecule is CNC(=O)C(C)N(Cc1ccccc1F)C(=O)CN(c1cccc(Cl)c1Cl)S(C)(=O)=O. The number of halogens is 3. The highest BCUT2D eigenvalue weighted by Crippen LogP contribution is 2.33. The van der Waals surface area contributed by atoms with Crippen molar-refractivity contribution in [2.24, 2.45) is 0 Å². The number of amides is 2. The molecule has 0 aliphatic rings. The third-order valence-corrected chi connectivity index (χ3v) is 6.53. The monoisotopic (exact) mass is 489 g/mol. The summed E-state index contributed by atoms with van der Waals surface area (Å²) < 4.78 is 39.9. The summed E-state index contributed by atoms with van der Waals surface area (Å²) in [5, 5.41) is 2.51. The smallest absolute Gasteiger partial charge is 0.244 e. The Hall–Kier alpha value is -2.36. The molecule has 1 atom stereocenters. The van der Waals surface area contributed by atoms with E-state index in [0.717, 1.165) is 15.5 Å². The maximum Gasteiger partial charge on any atom is 0.244 e. The van der Waals surface area contributed by atoms with Crippen molar-refractivity contribution in [1.29, 1.82) is 0 Å². The van der Waals surface area contributed by atoms with Gasteiger partial charge in [-0.25, -0.2) is 12.8 Å². The minimum Gasteiger partial charge on any atom is -0.357 e. The molecule has 2 rings (SSSR count). The zero-order valence-electron chi connectivity index (χ0n) is 17.1. The van der Waals surface area contributed by atoms with Crippen LogP contribution in [0, 0.1) is 5.82 Å². The fourth-order valence-electron chi connectivity index (χ4n) is 2.88. The number of nitrogens with one attached hydrogen (secondary N) is 1. The molecule has 0 aliphatic heterocycles. The van der Waals surface area contributed by atoms with Gasteiger partial charge in [-0.3, -0.25) is 13.9 Å². The number of hydrogen-bond acceptors (Lipinski definition) is 4. The van der Waals surface area contributed by atoms with Crippen molar-refractivity contribution in [2.45, 2.75) is 19.5 Å². The van der Waals surface area contributed by atoms with Gasteiger partial charge in [-0.05, 0) is 25.1 Å². The summed E-state index contributed by atoms with van der Waals surface area (Å²) in [6.45, 7) is 0.574. The van der Waals surface area contributed by atoms with E-state index in [1.165, 1.54) is 50.4 Å². The van der Waals surface area contributed by atoms with Gasteiger partial charge in [0, 0.05) is 19.2 Å². The summed E-state index contributed by atoms with van der Waals surface area (Å²) in [6, 6.07) is 9.20. The van der Waals surface area contributed by atoms with Crippen molar-refractivity contribution >= 4 is 50.7 Å². The molecule has 0 saturated heterocycles. The molecule has 2 aromatic carbocycles. The van der Waals surface area contributed by atoms with Crippen LogP contribution in [0.25, 0.3) is 0 Å². The van der Waals surface area contributed by atoms with Gasteiger partial charge in [-0.2, -0.15) is 0 Å². The molecular formula is C20H22Cl2FN3O4S. The Morgan fingerprint density at radius 1 is 1.13 bits per heavy atom. The lowest BCUT2D eigenvalue weighted by molar-refractivity contribution is -0.139. The molecule has 0 bridgehead atoms. The summed E-state index contributed by atoms with van der Waals surface area (Å²) in [5.74, 6) is -1.76. The van der Waals surface area contributed by atoms with Crippen molar-refractivity contribution in [3.05, 3.63) is 63.9 Å².